The summed E-state index contributed by atoms with van der Waals surface area (Å²) in [6.07, 6.45) is -4.46. The molecule has 2 rings (SSSR count). The molecular formula is C32H49N5O10. The lowest BCUT2D eigenvalue weighted by atomic mass is 9.97. The predicted molar refractivity (Wildman–Crippen MR) is 170 cm³/mol. The fraction of sp³-hybridized carbons (Fsp3) is 0.625. The molecule has 0 radical (unpaired) electrons. The van der Waals surface area contributed by atoms with E-state index < -0.39 is 83.6 Å². The Morgan fingerprint density at radius 2 is 0.957 bits per heavy atom. The van der Waals surface area contributed by atoms with E-state index in [0.29, 0.717) is 10.0 Å². The van der Waals surface area contributed by atoms with Gasteiger partial charge in [-0.2, -0.15) is 0 Å². The summed E-state index contributed by atoms with van der Waals surface area (Å²) in [5.41, 5.74) is 0.715. The van der Waals surface area contributed by atoms with Crippen molar-refractivity contribution in [3.8, 4) is 0 Å². The first-order valence-corrected chi connectivity index (χ1v) is 15.2. The first-order valence-electron chi connectivity index (χ1n) is 15.2. The van der Waals surface area contributed by atoms with Gasteiger partial charge in [0.15, 0.2) is 5.78 Å². The molecule has 1 saturated heterocycles. The van der Waals surface area contributed by atoms with Gasteiger partial charge in [-0.15, -0.1) is 0 Å². The van der Waals surface area contributed by atoms with E-state index in [-0.39, 0.29) is 5.56 Å². The molecule has 15 nitrogen and oxygen atoms in total. The van der Waals surface area contributed by atoms with E-state index >= 15 is 0 Å². The molecule has 2 N–H and O–H groups in total. The number of ketones is 1. The molecule has 0 spiro atoms. The first kappa shape index (κ1) is 38.6. The Labute approximate surface area is 276 Å². The van der Waals surface area contributed by atoms with Crippen molar-refractivity contribution in [1.29, 1.82) is 0 Å². The second-order valence-corrected chi connectivity index (χ2v) is 14.9. The van der Waals surface area contributed by atoms with Gasteiger partial charge in [0.1, 0.15) is 34.5 Å². The van der Waals surface area contributed by atoms with Crippen molar-refractivity contribution in [1.82, 2.24) is 25.8 Å². The molecule has 1 fully saturated rings. The molecule has 2 unspecified atom stereocenters. The van der Waals surface area contributed by atoms with Gasteiger partial charge in [-0.3, -0.25) is 9.59 Å². The number of nitrogens with zero attached hydrogens (tertiary/aromatic N) is 3. The van der Waals surface area contributed by atoms with E-state index in [0.717, 1.165) is 0 Å². The molecule has 0 saturated carbocycles. The van der Waals surface area contributed by atoms with Crippen molar-refractivity contribution in [3.63, 3.8) is 0 Å². The zero-order valence-electron chi connectivity index (χ0n) is 29.4. The van der Waals surface area contributed by atoms with Gasteiger partial charge >= 0.3 is 24.4 Å². The number of hydrogen-bond donors (Lipinski definition) is 2. The number of hydrazine groups is 2. The Bertz CT molecular complexity index is 1250. The molecule has 1 aromatic rings. The summed E-state index contributed by atoms with van der Waals surface area (Å²) in [4.78, 5) is 82.4. The van der Waals surface area contributed by atoms with Crippen LogP contribution in [-0.2, 0) is 23.7 Å². The van der Waals surface area contributed by atoms with Crippen molar-refractivity contribution in [3.05, 3.63) is 35.9 Å². The Kier molecular flexibility index (Phi) is 11.9. The van der Waals surface area contributed by atoms with Crippen LogP contribution >= 0.6 is 0 Å². The van der Waals surface area contributed by atoms with Gasteiger partial charge in [0, 0.05) is 5.56 Å². The SMILES string of the molecule is CC(C)(C)OC(=O)NN(C(=O)OC(C)(C)C)C1CN(C(=O)c2ccccc2)CC(N(NC(=O)OC(C)(C)C)C(=O)OC(C)(C)C)C1=O. The maximum absolute atomic E-state index is 14.4. The first-order chi connectivity index (χ1) is 21.3. The van der Waals surface area contributed by atoms with Crippen LogP contribution in [0, 0.1) is 0 Å². The molecule has 2 atom stereocenters. The number of piperidine rings is 1. The minimum Gasteiger partial charge on any atom is -0.443 e. The Hall–Kier alpha value is -4.56. The molecule has 1 aliphatic heterocycles. The van der Waals surface area contributed by atoms with E-state index in [1.165, 1.54) is 4.90 Å². The van der Waals surface area contributed by atoms with Crippen LogP contribution in [0.1, 0.15) is 93.4 Å². The topological polar surface area (TPSA) is 173 Å². The number of ether oxygens (including phenoxy) is 4. The fourth-order valence-corrected chi connectivity index (χ4v) is 4.16. The van der Waals surface area contributed by atoms with Crippen LogP contribution in [0.25, 0.3) is 0 Å². The molecule has 15 heteroatoms. The highest BCUT2D eigenvalue weighted by atomic mass is 16.6. The van der Waals surface area contributed by atoms with Crippen molar-refractivity contribution in [2.24, 2.45) is 0 Å². The van der Waals surface area contributed by atoms with Crippen LogP contribution in [-0.4, -0.2) is 98.6 Å². The molecular weight excluding hydrogens is 614 g/mol. The van der Waals surface area contributed by atoms with Crippen LogP contribution in [0.5, 0.6) is 0 Å². The maximum atomic E-state index is 14.4. The Balaban J connectivity index is 2.71. The number of benzene rings is 1. The van der Waals surface area contributed by atoms with Crippen molar-refractivity contribution < 1.29 is 47.7 Å². The van der Waals surface area contributed by atoms with Gasteiger partial charge in [-0.25, -0.2) is 40.0 Å². The Morgan fingerprint density at radius 3 is 1.28 bits per heavy atom. The summed E-state index contributed by atoms with van der Waals surface area (Å²) in [7, 11) is 0. The molecule has 5 amide bonds. The minimum atomic E-state index is -1.63. The number of nitrogens with one attached hydrogen (secondary N) is 2. The zero-order valence-corrected chi connectivity index (χ0v) is 29.4. The third-order valence-electron chi connectivity index (χ3n) is 5.78. The maximum Gasteiger partial charge on any atom is 0.430 e. The van der Waals surface area contributed by atoms with Gasteiger partial charge in [0.2, 0.25) is 0 Å². The smallest absolute Gasteiger partial charge is 0.430 e. The highest BCUT2D eigenvalue weighted by Crippen LogP contribution is 2.23. The largest absolute Gasteiger partial charge is 0.443 e. The van der Waals surface area contributed by atoms with Gasteiger partial charge in [0.25, 0.3) is 5.91 Å². The summed E-state index contributed by atoms with van der Waals surface area (Å²) in [5.74, 6) is -1.40. The predicted octanol–water partition coefficient (Wildman–Crippen LogP) is 4.80. The lowest BCUT2D eigenvalue weighted by molar-refractivity contribution is -0.136. The second kappa shape index (κ2) is 14.5. The number of hydrogen-bond acceptors (Lipinski definition) is 10. The Morgan fingerprint density at radius 1 is 0.617 bits per heavy atom. The molecule has 1 heterocycles. The lowest BCUT2D eigenvalue weighted by Crippen LogP contribution is -2.70. The highest BCUT2D eigenvalue weighted by molar-refractivity contribution is 6.00. The van der Waals surface area contributed by atoms with Crippen LogP contribution in [0.3, 0.4) is 0 Å². The molecule has 262 valence electrons. The summed E-state index contributed by atoms with van der Waals surface area (Å²) in [6, 6.07) is 4.85. The van der Waals surface area contributed by atoms with E-state index in [1.54, 1.807) is 113 Å². The summed E-state index contributed by atoms with van der Waals surface area (Å²) in [5, 5.41) is 1.25. The number of amides is 5. The van der Waals surface area contributed by atoms with Crippen molar-refractivity contribution >= 4 is 36.1 Å². The summed E-state index contributed by atoms with van der Waals surface area (Å²) >= 11 is 0. The monoisotopic (exact) mass is 663 g/mol. The third-order valence-corrected chi connectivity index (χ3v) is 5.78. The van der Waals surface area contributed by atoms with E-state index in [2.05, 4.69) is 10.9 Å². The summed E-state index contributed by atoms with van der Waals surface area (Å²) < 4.78 is 21.7. The number of carbonyl (C=O) groups excluding carboxylic acids is 6. The molecule has 47 heavy (non-hydrogen) atoms. The molecule has 1 aliphatic rings. The normalized spacial score (nSPS) is 17.2. The van der Waals surface area contributed by atoms with Crippen LogP contribution < -0.4 is 10.9 Å². The zero-order chi connectivity index (χ0) is 36.1. The molecule has 0 bridgehead atoms. The van der Waals surface area contributed by atoms with Gasteiger partial charge in [-0.05, 0) is 95.2 Å². The molecule has 1 aromatic carbocycles. The molecule has 0 aromatic heterocycles. The number of rotatable bonds is 3. The van der Waals surface area contributed by atoms with Gasteiger partial charge < -0.3 is 23.8 Å². The van der Waals surface area contributed by atoms with Gasteiger partial charge in [0.05, 0.1) is 13.1 Å². The van der Waals surface area contributed by atoms with Crippen molar-refractivity contribution in [2.45, 2.75) is 118 Å². The quantitative estimate of drug-likeness (QED) is 0.338. The molecule has 0 aliphatic carbocycles. The lowest BCUT2D eigenvalue weighted by Gasteiger charge is -2.44. The van der Waals surface area contributed by atoms with Crippen LogP contribution in [0.4, 0.5) is 19.2 Å². The number of likely N-dealkylation sites (tertiary alicyclic amines) is 1. The highest BCUT2D eigenvalue weighted by Gasteiger charge is 2.49. The fourth-order valence-electron chi connectivity index (χ4n) is 4.16. The van der Waals surface area contributed by atoms with Crippen molar-refractivity contribution in [2.75, 3.05) is 13.1 Å². The van der Waals surface area contributed by atoms with Crippen LogP contribution in [0.15, 0.2) is 30.3 Å². The average molecular weight is 664 g/mol. The van der Waals surface area contributed by atoms with Crippen LogP contribution in [0.2, 0.25) is 0 Å². The van der Waals surface area contributed by atoms with E-state index in [9.17, 15) is 28.8 Å². The minimum absolute atomic E-state index is 0.243. The average Bonchev–Trinajstić information content (AvgIpc) is 2.87. The van der Waals surface area contributed by atoms with Gasteiger partial charge in [-0.1, -0.05) is 18.2 Å². The second-order valence-electron chi connectivity index (χ2n) is 14.9. The number of carbonyl (C=O) groups is 6. The van der Waals surface area contributed by atoms with E-state index in [1.807, 2.05) is 0 Å². The summed E-state index contributed by atoms with van der Waals surface area (Å²) in [6.45, 7) is 18.3. The number of Topliss-reactive ketones (excluding diaryl/α,β-unsaturated/α-hetero) is 1. The standard InChI is InChI=1S/C32H49N5O10/c1-29(2,3)44-25(40)33-36(27(42)46-31(7,8)9)21-18-35(24(39)20-16-14-13-15-17-20)19-22(23(21)38)37(28(43)47-32(10,11)12)34-26(41)45-30(4,5)6/h13-17,21-22H,18-19H2,1-12H3,(H,33,40)(H,34,41). The third kappa shape index (κ3) is 12.6. The van der Waals surface area contributed by atoms with E-state index in [4.69, 9.17) is 18.9 Å².